The monoisotopic (exact) mass is 303 g/mol. The Morgan fingerprint density at radius 2 is 2.14 bits per heavy atom. The van der Waals surface area contributed by atoms with Gasteiger partial charge in [-0.05, 0) is 35.6 Å². The number of para-hydroxylation sites is 1. The van der Waals surface area contributed by atoms with Crippen molar-refractivity contribution in [3.63, 3.8) is 0 Å². The highest BCUT2D eigenvalue weighted by Crippen LogP contribution is 2.33. The minimum absolute atomic E-state index is 0.493. The molecule has 0 amide bonds. The molecule has 1 unspecified atom stereocenters. The first-order valence-electron chi connectivity index (χ1n) is 6.96. The number of aliphatic carboxylic acids is 1. The van der Waals surface area contributed by atoms with Crippen LogP contribution < -0.4 is 4.74 Å². The molecule has 5 heteroatoms. The highest BCUT2D eigenvalue weighted by Gasteiger charge is 2.33. The fourth-order valence-corrected chi connectivity index (χ4v) is 3.60. The topological polar surface area (TPSA) is 49.8 Å². The average Bonchev–Trinajstić information content (AvgIpc) is 2.96. The van der Waals surface area contributed by atoms with E-state index in [-0.39, 0.29) is 0 Å². The van der Waals surface area contributed by atoms with E-state index in [2.05, 4.69) is 0 Å². The number of fused-ring (bicyclic) bond motifs is 1. The van der Waals surface area contributed by atoms with Gasteiger partial charge < -0.3 is 9.84 Å². The van der Waals surface area contributed by atoms with Crippen molar-refractivity contribution < 1.29 is 14.6 Å². The van der Waals surface area contributed by atoms with Gasteiger partial charge in [0.1, 0.15) is 18.4 Å². The van der Waals surface area contributed by atoms with E-state index in [4.69, 9.17) is 4.74 Å². The van der Waals surface area contributed by atoms with Crippen LogP contribution in [0, 0.1) is 0 Å². The van der Waals surface area contributed by atoms with Gasteiger partial charge in [-0.25, -0.2) is 0 Å². The minimum atomic E-state index is -0.783. The lowest BCUT2D eigenvalue weighted by atomic mass is 10.0. The summed E-state index contributed by atoms with van der Waals surface area (Å²) < 4.78 is 5.67. The maximum absolute atomic E-state index is 11.6. The van der Waals surface area contributed by atoms with E-state index in [0.717, 1.165) is 24.3 Å². The molecule has 1 N–H and O–H groups in total. The van der Waals surface area contributed by atoms with Crippen molar-refractivity contribution in [1.29, 1.82) is 0 Å². The lowest BCUT2D eigenvalue weighted by Gasteiger charge is -2.32. The zero-order chi connectivity index (χ0) is 14.7. The molecule has 1 atom stereocenters. The van der Waals surface area contributed by atoms with Crippen LogP contribution >= 0.6 is 11.3 Å². The zero-order valence-electron chi connectivity index (χ0n) is 11.6. The lowest BCUT2D eigenvalue weighted by molar-refractivity contribution is -0.144. The number of carbonyl (C=O) groups is 1. The largest absolute Gasteiger partial charge is 0.492 e. The minimum Gasteiger partial charge on any atom is -0.492 e. The SMILES string of the molecule is O=C(O)C1c2ccsc2CCN1CCOc1ccccc1. The number of carboxylic acids is 1. The van der Waals surface area contributed by atoms with Crippen molar-refractivity contribution in [1.82, 2.24) is 4.90 Å². The first-order chi connectivity index (χ1) is 10.3. The third-order valence-corrected chi connectivity index (χ3v) is 4.69. The van der Waals surface area contributed by atoms with Crippen LogP contribution in [0.3, 0.4) is 0 Å². The summed E-state index contributed by atoms with van der Waals surface area (Å²) in [7, 11) is 0. The average molecular weight is 303 g/mol. The summed E-state index contributed by atoms with van der Waals surface area (Å²) >= 11 is 1.65. The van der Waals surface area contributed by atoms with E-state index in [1.807, 2.05) is 46.7 Å². The number of ether oxygens (including phenoxy) is 1. The molecule has 0 saturated heterocycles. The second-order valence-corrected chi connectivity index (χ2v) is 5.99. The molecular formula is C16H17NO3S. The molecule has 1 aromatic carbocycles. The van der Waals surface area contributed by atoms with Crippen LogP contribution in [0.1, 0.15) is 16.5 Å². The Labute approximate surface area is 127 Å². The van der Waals surface area contributed by atoms with E-state index in [9.17, 15) is 9.90 Å². The van der Waals surface area contributed by atoms with Gasteiger partial charge in [0.2, 0.25) is 0 Å². The van der Waals surface area contributed by atoms with Crippen molar-refractivity contribution in [2.45, 2.75) is 12.5 Å². The van der Waals surface area contributed by atoms with Gasteiger partial charge >= 0.3 is 5.97 Å². The molecule has 3 rings (SSSR count). The Hall–Kier alpha value is -1.85. The highest BCUT2D eigenvalue weighted by atomic mass is 32.1. The predicted molar refractivity (Wildman–Crippen MR) is 81.9 cm³/mol. The van der Waals surface area contributed by atoms with Crippen molar-refractivity contribution in [3.8, 4) is 5.75 Å². The first-order valence-corrected chi connectivity index (χ1v) is 7.84. The zero-order valence-corrected chi connectivity index (χ0v) is 12.4. The van der Waals surface area contributed by atoms with Gasteiger partial charge in [0, 0.05) is 18.0 Å². The van der Waals surface area contributed by atoms with Crippen LogP contribution in [0.25, 0.3) is 0 Å². The summed E-state index contributed by atoms with van der Waals surface area (Å²) in [6.07, 6.45) is 0.919. The van der Waals surface area contributed by atoms with E-state index < -0.39 is 12.0 Å². The van der Waals surface area contributed by atoms with Crippen LogP contribution in [0.4, 0.5) is 0 Å². The molecule has 4 nitrogen and oxygen atoms in total. The molecule has 0 saturated carbocycles. The third kappa shape index (κ3) is 3.09. The van der Waals surface area contributed by atoms with Crippen LogP contribution in [-0.2, 0) is 11.2 Å². The van der Waals surface area contributed by atoms with Gasteiger partial charge in [0.25, 0.3) is 0 Å². The van der Waals surface area contributed by atoms with Crippen LogP contribution in [0.5, 0.6) is 5.75 Å². The second-order valence-electron chi connectivity index (χ2n) is 4.99. The van der Waals surface area contributed by atoms with Crippen molar-refractivity contribution >= 4 is 17.3 Å². The molecule has 0 radical (unpaired) electrons. The molecule has 0 aliphatic carbocycles. The Bertz CT molecular complexity index is 611. The summed E-state index contributed by atoms with van der Waals surface area (Å²) in [6, 6.07) is 11.0. The van der Waals surface area contributed by atoms with Crippen molar-refractivity contribution in [2.75, 3.05) is 19.7 Å². The summed E-state index contributed by atoms with van der Waals surface area (Å²) in [5.41, 5.74) is 0.943. The molecule has 0 fully saturated rings. The first kappa shape index (κ1) is 14.1. The molecule has 2 heterocycles. The molecule has 1 aromatic heterocycles. The maximum Gasteiger partial charge on any atom is 0.325 e. The summed E-state index contributed by atoms with van der Waals surface area (Å²) in [5.74, 6) is 0.0340. The van der Waals surface area contributed by atoms with Gasteiger partial charge in [-0.3, -0.25) is 9.69 Å². The van der Waals surface area contributed by atoms with E-state index >= 15 is 0 Å². The number of carboxylic acid groups (broad SMARTS) is 1. The Morgan fingerprint density at radius 3 is 2.90 bits per heavy atom. The van der Waals surface area contributed by atoms with E-state index in [0.29, 0.717) is 13.2 Å². The number of benzene rings is 1. The molecule has 2 aromatic rings. The van der Waals surface area contributed by atoms with E-state index in [1.54, 1.807) is 11.3 Å². The number of rotatable bonds is 5. The second kappa shape index (κ2) is 6.28. The Balaban J connectivity index is 1.64. The Kier molecular flexibility index (Phi) is 4.22. The smallest absolute Gasteiger partial charge is 0.325 e. The molecule has 1 aliphatic heterocycles. The van der Waals surface area contributed by atoms with Gasteiger partial charge in [-0.2, -0.15) is 0 Å². The molecular weight excluding hydrogens is 286 g/mol. The van der Waals surface area contributed by atoms with Gasteiger partial charge in [0.05, 0.1) is 0 Å². The Morgan fingerprint density at radius 1 is 1.33 bits per heavy atom. The lowest BCUT2D eigenvalue weighted by Crippen LogP contribution is -2.41. The van der Waals surface area contributed by atoms with Crippen LogP contribution in [0.15, 0.2) is 41.8 Å². The molecule has 0 bridgehead atoms. The van der Waals surface area contributed by atoms with Crippen molar-refractivity contribution in [2.24, 2.45) is 0 Å². The van der Waals surface area contributed by atoms with Gasteiger partial charge in [-0.1, -0.05) is 18.2 Å². The predicted octanol–water partition coefficient (Wildman–Crippen LogP) is 2.81. The summed E-state index contributed by atoms with van der Waals surface area (Å²) in [5, 5.41) is 11.5. The van der Waals surface area contributed by atoms with Gasteiger partial charge in [0.15, 0.2) is 0 Å². The summed E-state index contributed by atoms with van der Waals surface area (Å²) in [6.45, 7) is 1.87. The quantitative estimate of drug-likeness (QED) is 0.923. The summed E-state index contributed by atoms with van der Waals surface area (Å²) in [4.78, 5) is 14.8. The third-order valence-electron chi connectivity index (χ3n) is 3.69. The molecule has 21 heavy (non-hydrogen) atoms. The normalized spacial score (nSPS) is 18.2. The van der Waals surface area contributed by atoms with Gasteiger partial charge in [-0.15, -0.1) is 11.3 Å². The fourth-order valence-electron chi connectivity index (χ4n) is 2.70. The van der Waals surface area contributed by atoms with Crippen LogP contribution in [-0.4, -0.2) is 35.7 Å². The van der Waals surface area contributed by atoms with E-state index in [1.165, 1.54) is 4.88 Å². The maximum atomic E-state index is 11.6. The molecule has 0 spiro atoms. The number of hydrogen-bond donors (Lipinski definition) is 1. The number of hydrogen-bond acceptors (Lipinski definition) is 4. The fraction of sp³-hybridized carbons (Fsp3) is 0.312. The number of thiophene rings is 1. The van der Waals surface area contributed by atoms with Crippen LogP contribution in [0.2, 0.25) is 0 Å². The molecule has 1 aliphatic rings. The number of nitrogens with zero attached hydrogens (tertiary/aromatic N) is 1. The highest BCUT2D eigenvalue weighted by molar-refractivity contribution is 7.10. The standard InChI is InChI=1S/C16H17NO3S/c18-16(19)15-13-7-11-21-14(13)6-8-17(15)9-10-20-12-4-2-1-3-5-12/h1-5,7,11,15H,6,8-10H2,(H,18,19). The molecule has 110 valence electrons. The van der Waals surface area contributed by atoms with Crippen molar-refractivity contribution in [3.05, 3.63) is 52.2 Å².